The van der Waals surface area contributed by atoms with E-state index in [4.69, 9.17) is 14.0 Å². The normalized spacial score (nSPS) is 10.1. The van der Waals surface area contributed by atoms with Gasteiger partial charge in [-0.3, -0.25) is 0 Å². The van der Waals surface area contributed by atoms with Gasteiger partial charge in [-0.05, 0) is 12.1 Å². The lowest BCUT2D eigenvalue weighted by Gasteiger charge is -2.10. The van der Waals surface area contributed by atoms with Gasteiger partial charge in [0.2, 0.25) is 5.76 Å². The number of carbonyl (C=O) groups is 1. The van der Waals surface area contributed by atoms with Crippen molar-refractivity contribution >= 4 is 5.97 Å². The maximum absolute atomic E-state index is 11.3. The molecule has 0 aliphatic heterocycles. The van der Waals surface area contributed by atoms with Gasteiger partial charge < -0.3 is 18.7 Å². The molecule has 1 aromatic carbocycles. The van der Waals surface area contributed by atoms with Crippen molar-refractivity contribution in [1.29, 1.82) is 0 Å². The summed E-state index contributed by atoms with van der Waals surface area (Å²) in [6, 6.07) is 6.84. The largest absolute Gasteiger partial charge is 0.493 e. The lowest BCUT2D eigenvalue weighted by atomic mass is 10.1. The van der Waals surface area contributed by atoms with Gasteiger partial charge in [-0.2, -0.15) is 0 Å². The van der Waals surface area contributed by atoms with E-state index in [0.29, 0.717) is 22.8 Å². The molecule has 19 heavy (non-hydrogen) atoms. The number of methoxy groups -OCH3 is 3. The van der Waals surface area contributed by atoms with Crippen LogP contribution >= 0.6 is 0 Å². The molecule has 0 spiro atoms. The van der Waals surface area contributed by atoms with Gasteiger partial charge in [-0.1, -0.05) is 11.2 Å². The molecule has 1 heterocycles. The molecule has 6 heteroatoms. The lowest BCUT2D eigenvalue weighted by Crippen LogP contribution is -1.98. The van der Waals surface area contributed by atoms with E-state index in [1.165, 1.54) is 20.3 Å². The molecule has 0 fully saturated rings. The standard InChI is InChI=1S/C13H13NO5/c1-16-10-6-4-5-8(12(10)17-2)9-7-11(19-14-9)13(15)18-3/h4-7H,1-3H3. The number of hydrogen-bond donors (Lipinski definition) is 0. The fourth-order valence-electron chi connectivity index (χ4n) is 1.69. The summed E-state index contributed by atoms with van der Waals surface area (Å²) in [4.78, 5) is 11.3. The smallest absolute Gasteiger partial charge is 0.376 e. The molecule has 1 aromatic heterocycles. The predicted molar refractivity (Wildman–Crippen MR) is 66.4 cm³/mol. The van der Waals surface area contributed by atoms with E-state index in [1.54, 1.807) is 25.3 Å². The minimum Gasteiger partial charge on any atom is -0.493 e. The average Bonchev–Trinajstić information content (AvgIpc) is 2.95. The van der Waals surface area contributed by atoms with Crippen molar-refractivity contribution in [2.45, 2.75) is 0 Å². The van der Waals surface area contributed by atoms with Gasteiger partial charge in [-0.25, -0.2) is 4.79 Å². The molecule has 0 saturated heterocycles. The molecule has 0 atom stereocenters. The maximum Gasteiger partial charge on any atom is 0.376 e. The van der Waals surface area contributed by atoms with Crippen molar-refractivity contribution in [3.05, 3.63) is 30.0 Å². The zero-order chi connectivity index (χ0) is 13.8. The van der Waals surface area contributed by atoms with Crippen molar-refractivity contribution in [1.82, 2.24) is 5.16 Å². The summed E-state index contributed by atoms with van der Waals surface area (Å²) < 4.78 is 20.0. The Balaban J connectivity index is 2.47. The summed E-state index contributed by atoms with van der Waals surface area (Å²) in [5.74, 6) is 0.542. The molecule has 0 N–H and O–H groups in total. The van der Waals surface area contributed by atoms with Crippen LogP contribution in [0.2, 0.25) is 0 Å². The first-order valence-corrected chi connectivity index (χ1v) is 5.47. The molecular weight excluding hydrogens is 250 g/mol. The maximum atomic E-state index is 11.3. The third-order valence-electron chi connectivity index (χ3n) is 2.58. The summed E-state index contributed by atoms with van der Waals surface area (Å²) in [5.41, 5.74) is 1.14. The van der Waals surface area contributed by atoms with Crippen LogP contribution in [-0.2, 0) is 4.74 Å². The highest BCUT2D eigenvalue weighted by atomic mass is 16.5. The third-order valence-corrected chi connectivity index (χ3v) is 2.58. The second kappa shape index (κ2) is 5.43. The fourth-order valence-corrected chi connectivity index (χ4v) is 1.69. The number of hydrogen-bond acceptors (Lipinski definition) is 6. The van der Waals surface area contributed by atoms with Crippen molar-refractivity contribution in [2.24, 2.45) is 0 Å². The highest BCUT2D eigenvalue weighted by Crippen LogP contribution is 2.37. The Kier molecular flexibility index (Phi) is 3.70. The van der Waals surface area contributed by atoms with Gasteiger partial charge in [0.25, 0.3) is 0 Å². The average molecular weight is 263 g/mol. The molecule has 0 saturated carbocycles. The lowest BCUT2D eigenvalue weighted by molar-refractivity contribution is 0.0554. The predicted octanol–water partition coefficient (Wildman–Crippen LogP) is 2.15. The number of nitrogens with zero attached hydrogens (tertiary/aromatic N) is 1. The summed E-state index contributed by atoms with van der Waals surface area (Å²) >= 11 is 0. The number of carbonyl (C=O) groups excluding carboxylic acids is 1. The number of esters is 1. The second-order valence-corrected chi connectivity index (χ2v) is 3.61. The van der Waals surface area contributed by atoms with E-state index in [-0.39, 0.29) is 5.76 Å². The number of para-hydroxylation sites is 1. The second-order valence-electron chi connectivity index (χ2n) is 3.61. The Morgan fingerprint density at radius 3 is 2.63 bits per heavy atom. The van der Waals surface area contributed by atoms with Crippen molar-refractivity contribution < 1.29 is 23.5 Å². The Hall–Kier alpha value is -2.50. The van der Waals surface area contributed by atoms with Gasteiger partial charge in [0.05, 0.1) is 21.3 Å². The molecule has 0 aliphatic carbocycles. The number of aromatic nitrogens is 1. The highest BCUT2D eigenvalue weighted by molar-refractivity contribution is 5.87. The number of benzene rings is 1. The van der Waals surface area contributed by atoms with Crippen LogP contribution < -0.4 is 9.47 Å². The molecule has 0 aliphatic rings. The fraction of sp³-hybridized carbons (Fsp3) is 0.231. The molecule has 2 rings (SSSR count). The van der Waals surface area contributed by atoms with E-state index < -0.39 is 5.97 Å². The van der Waals surface area contributed by atoms with Crippen LogP contribution in [0.1, 0.15) is 10.6 Å². The van der Waals surface area contributed by atoms with Gasteiger partial charge in [-0.15, -0.1) is 0 Å². The summed E-state index contributed by atoms with van der Waals surface area (Å²) in [5, 5.41) is 3.83. The molecular formula is C13H13NO5. The molecule has 0 unspecified atom stereocenters. The SMILES string of the molecule is COC(=O)c1cc(-c2cccc(OC)c2OC)no1. The molecule has 2 aromatic rings. The van der Waals surface area contributed by atoms with Crippen LogP contribution in [0.4, 0.5) is 0 Å². The zero-order valence-electron chi connectivity index (χ0n) is 10.8. The Bertz CT molecular complexity index is 590. The molecule has 100 valence electrons. The molecule has 0 radical (unpaired) electrons. The van der Waals surface area contributed by atoms with Crippen molar-refractivity contribution in [3.63, 3.8) is 0 Å². The van der Waals surface area contributed by atoms with Crippen molar-refractivity contribution in [2.75, 3.05) is 21.3 Å². The number of rotatable bonds is 4. The summed E-state index contributed by atoms with van der Waals surface area (Å²) in [6.45, 7) is 0. The van der Waals surface area contributed by atoms with Crippen LogP contribution in [0, 0.1) is 0 Å². The van der Waals surface area contributed by atoms with E-state index in [9.17, 15) is 4.79 Å². The zero-order valence-corrected chi connectivity index (χ0v) is 10.8. The molecule has 6 nitrogen and oxygen atoms in total. The van der Waals surface area contributed by atoms with Crippen LogP contribution in [0.25, 0.3) is 11.3 Å². The van der Waals surface area contributed by atoms with Gasteiger partial charge in [0.15, 0.2) is 11.5 Å². The van der Waals surface area contributed by atoms with Gasteiger partial charge in [0.1, 0.15) is 5.69 Å². The minimum absolute atomic E-state index is 0.0300. The summed E-state index contributed by atoms with van der Waals surface area (Å²) in [7, 11) is 4.35. The van der Waals surface area contributed by atoms with Crippen LogP contribution in [0.15, 0.2) is 28.8 Å². The Morgan fingerprint density at radius 2 is 2.00 bits per heavy atom. The van der Waals surface area contributed by atoms with Crippen LogP contribution in [-0.4, -0.2) is 32.5 Å². The molecule has 0 bridgehead atoms. The minimum atomic E-state index is -0.583. The van der Waals surface area contributed by atoms with E-state index >= 15 is 0 Å². The van der Waals surface area contributed by atoms with E-state index in [0.717, 1.165) is 0 Å². The van der Waals surface area contributed by atoms with E-state index in [2.05, 4.69) is 9.89 Å². The third kappa shape index (κ3) is 2.37. The van der Waals surface area contributed by atoms with Crippen LogP contribution in [0.3, 0.4) is 0 Å². The summed E-state index contributed by atoms with van der Waals surface area (Å²) in [6.07, 6.45) is 0. The molecule has 0 amide bonds. The monoisotopic (exact) mass is 263 g/mol. The Labute approximate surface area is 109 Å². The van der Waals surface area contributed by atoms with Gasteiger partial charge in [0, 0.05) is 11.6 Å². The highest BCUT2D eigenvalue weighted by Gasteiger charge is 2.18. The van der Waals surface area contributed by atoms with E-state index in [1.807, 2.05) is 0 Å². The van der Waals surface area contributed by atoms with Crippen molar-refractivity contribution in [3.8, 4) is 22.8 Å². The first-order chi connectivity index (χ1) is 9.21. The van der Waals surface area contributed by atoms with Crippen LogP contribution in [0.5, 0.6) is 11.5 Å². The Morgan fingerprint density at radius 1 is 1.21 bits per heavy atom. The topological polar surface area (TPSA) is 70.8 Å². The quantitative estimate of drug-likeness (QED) is 0.787. The first-order valence-electron chi connectivity index (χ1n) is 5.47. The van der Waals surface area contributed by atoms with Gasteiger partial charge >= 0.3 is 5.97 Å². The first kappa shape index (κ1) is 12.9. The number of ether oxygens (including phenoxy) is 3.